The average molecular weight is 317 g/mol. The number of ether oxygens (including phenoxy) is 1. The van der Waals surface area contributed by atoms with Gasteiger partial charge in [-0.1, -0.05) is 25.5 Å². The maximum absolute atomic E-state index is 5.73. The summed E-state index contributed by atoms with van der Waals surface area (Å²) in [5.74, 6) is 3.90. The third-order valence-corrected chi connectivity index (χ3v) is 9.15. The summed E-state index contributed by atoms with van der Waals surface area (Å²) in [6.07, 6.45) is 15.8. The number of methoxy groups -OCH3 is 1. The summed E-state index contributed by atoms with van der Waals surface area (Å²) in [5, 5.41) is 0. The quantitative estimate of drug-likeness (QED) is 0.540. The van der Waals surface area contributed by atoms with E-state index in [9.17, 15) is 0 Å². The van der Waals surface area contributed by atoms with Gasteiger partial charge >= 0.3 is 0 Å². The van der Waals surface area contributed by atoms with Crippen molar-refractivity contribution in [1.82, 2.24) is 0 Å². The van der Waals surface area contributed by atoms with E-state index in [1.807, 2.05) is 7.11 Å². The molecule has 0 aromatic carbocycles. The van der Waals surface area contributed by atoms with E-state index in [1.165, 1.54) is 57.8 Å². The molecule has 0 saturated heterocycles. The topological polar surface area (TPSA) is 9.23 Å². The van der Waals surface area contributed by atoms with Crippen molar-refractivity contribution >= 4 is 0 Å². The van der Waals surface area contributed by atoms with Crippen LogP contribution in [0.3, 0.4) is 0 Å². The zero-order valence-electron chi connectivity index (χ0n) is 15.7. The lowest BCUT2D eigenvalue weighted by molar-refractivity contribution is -0.121. The molecule has 0 bridgehead atoms. The molecule has 7 unspecified atom stereocenters. The van der Waals surface area contributed by atoms with E-state index in [2.05, 4.69) is 26.8 Å². The van der Waals surface area contributed by atoms with Gasteiger partial charge in [-0.15, -0.1) is 0 Å². The molecule has 1 nitrogen and oxygen atoms in total. The molecule has 4 aliphatic rings. The molecule has 4 saturated carbocycles. The Bertz CT molecular complexity index is 494. The van der Waals surface area contributed by atoms with Gasteiger partial charge in [0.2, 0.25) is 0 Å². The summed E-state index contributed by atoms with van der Waals surface area (Å²) in [7, 11) is 1.92. The molecule has 0 aromatic heterocycles. The lowest BCUT2D eigenvalue weighted by Crippen LogP contribution is -2.53. The molecule has 1 heteroatoms. The van der Waals surface area contributed by atoms with Crippen molar-refractivity contribution in [2.45, 2.75) is 84.7 Å². The fourth-order valence-electron chi connectivity index (χ4n) is 7.75. The van der Waals surface area contributed by atoms with Crippen LogP contribution in [-0.4, -0.2) is 13.2 Å². The second-order valence-electron chi connectivity index (χ2n) is 9.60. The molecule has 0 heterocycles. The van der Waals surface area contributed by atoms with Crippen LogP contribution in [0, 0.1) is 34.5 Å². The van der Waals surface area contributed by atoms with Crippen molar-refractivity contribution in [3.63, 3.8) is 0 Å². The molecule has 4 aliphatic carbocycles. The normalized spacial score (nSPS) is 54.4. The van der Waals surface area contributed by atoms with Gasteiger partial charge in [-0.05, 0) is 99.2 Å². The number of rotatable bonds is 1. The molecule has 0 spiro atoms. The van der Waals surface area contributed by atoms with Gasteiger partial charge in [-0.25, -0.2) is 0 Å². The van der Waals surface area contributed by atoms with Crippen molar-refractivity contribution in [2.75, 3.05) is 7.11 Å². The van der Waals surface area contributed by atoms with Crippen molar-refractivity contribution in [2.24, 2.45) is 34.5 Å². The largest absolute Gasteiger partial charge is 0.381 e. The van der Waals surface area contributed by atoms with Crippen molar-refractivity contribution in [1.29, 1.82) is 0 Å². The lowest BCUT2D eigenvalue weighted by Gasteiger charge is -2.60. The zero-order valence-corrected chi connectivity index (χ0v) is 15.7. The van der Waals surface area contributed by atoms with Gasteiger partial charge in [0, 0.05) is 7.11 Å². The fraction of sp³-hybridized carbons (Fsp3) is 0.909. The Morgan fingerprint density at radius 2 is 1.83 bits per heavy atom. The molecule has 23 heavy (non-hydrogen) atoms. The van der Waals surface area contributed by atoms with Crippen LogP contribution >= 0.6 is 0 Å². The summed E-state index contributed by atoms with van der Waals surface area (Å²) in [6, 6.07) is 0. The Labute approximate surface area is 143 Å². The van der Waals surface area contributed by atoms with Crippen molar-refractivity contribution < 1.29 is 4.74 Å². The van der Waals surface area contributed by atoms with Crippen LogP contribution in [0.5, 0.6) is 0 Å². The first kappa shape index (κ1) is 16.2. The first-order valence-electron chi connectivity index (χ1n) is 10.2. The van der Waals surface area contributed by atoms with E-state index in [-0.39, 0.29) is 0 Å². The molecule has 0 radical (unpaired) electrons. The smallest absolute Gasteiger partial charge is 0.0574 e. The standard InChI is InChI=1S/C22H36O/c1-5-15-7-9-19-18-8-6-16-14-17(23-4)10-12-22(16,3)20(18)11-13-21(15,19)2/h5,16-20H,6-14H2,1-4H3. The van der Waals surface area contributed by atoms with Crippen LogP contribution in [0.4, 0.5) is 0 Å². The van der Waals surface area contributed by atoms with Crippen molar-refractivity contribution in [3.8, 4) is 0 Å². The Morgan fingerprint density at radius 3 is 2.57 bits per heavy atom. The SMILES string of the molecule is CC=C1CCC2C3CCC4CC(OC)CCC4(C)C3CCC12C. The summed E-state index contributed by atoms with van der Waals surface area (Å²) >= 11 is 0. The number of allylic oxidation sites excluding steroid dienone is 2. The Balaban J connectivity index is 1.60. The van der Waals surface area contributed by atoms with Gasteiger partial charge in [-0.3, -0.25) is 0 Å². The van der Waals surface area contributed by atoms with Crippen LogP contribution < -0.4 is 0 Å². The van der Waals surface area contributed by atoms with E-state index >= 15 is 0 Å². The molecular formula is C22H36O. The molecule has 0 aromatic rings. The molecule has 4 fully saturated rings. The Hall–Kier alpha value is -0.300. The van der Waals surface area contributed by atoms with Gasteiger partial charge in [0.25, 0.3) is 0 Å². The van der Waals surface area contributed by atoms with E-state index in [1.54, 1.807) is 5.57 Å². The van der Waals surface area contributed by atoms with E-state index in [0.29, 0.717) is 16.9 Å². The number of hydrogen-bond donors (Lipinski definition) is 0. The number of fused-ring (bicyclic) bond motifs is 5. The van der Waals surface area contributed by atoms with Crippen molar-refractivity contribution in [3.05, 3.63) is 11.6 Å². The van der Waals surface area contributed by atoms with E-state index in [0.717, 1.165) is 23.7 Å². The maximum atomic E-state index is 5.73. The molecule has 0 aliphatic heterocycles. The van der Waals surface area contributed by atoms with E-state index < -0.39 is 0 Å². The van der Waals surface area contributed by atoms with Crippen LogP contribution in [0.15, 0.2) is 11.6 Å². The highest BCUT2D eigenvalue weighted by molar-refractivity contribution is 5.23. The van der Waals surface area contributed by atoms with Crippen LogP contribution in [0.25, 0.3) is 0 Å². The lowest BCUT2D eigenvalue weighted by atomic mass is 9.45. The van der Waals surface area contributed by atoms with Gasteiger partial charge in [0.15, 0.2) is 0 Å². The third-order valence-electron chi connectivity index (χ3n) is 9.15. The molecule has 7 atom stereocenters. The van der Waals surface area contributed by atoms with Crippen LogP contribution in [0.1, 0.15) is 78.6 Å². The highest BCUT2D eigenvalue weighted by atomic mass is 16.5. The van der Waals surface area contributed by atoms with Crippen LogP contribution in [-0.2, 0) is 4.74 Å². The maximum Gasteiger partial charge on any atom is 0.0574 e. The minimum atomic E-state index is 0.541. The molecule has 4 rings (SSSR count). The Kier molecular flexibility index (Phi) is 3.95. The minimum Gasteiger partial charge on any atom is -0.381 e. The summed E-state index contributed by atoms with van der Waals surface area (Å²) < 4.78 is 5.73. The predicted octanol–water partition coefficient (Wildman–Crippen LogP) is 5.99. The van der Waals surface area contributed by atoms with E-state index in [4.69, 9.17) is 4.74 Å². The zero-order chi connectivity index (χ0) is 16.2. The number of hydrogen-bond acceptors (Lipinski definition) is 1. The predicted molar refractivity (Wildman–Crippen MR) is 96.3 cm³/mol. The second kappa shape index (κ2) is 5.61. The molecule has 0 N–H and O–H groups in total. The average Bonchev–Trinajstić information content (AvgIpc) is 2.90. The summed E-state index contributed by atoms with van der Waals surface area (Å²) in [6.45, 7) is 7.54. The summed E-state index contributed by atoms with van der Waals surface area (Å²) in [4.78, 5) is 0. The van der Waals surface area contributed by atoms with Gasteiger partial charge in [-0.2, -0.15) is 0 Å². The third kappa shape index (κ3) is 2.21. The van der Waals surface area contributed by atoms with Gasteiger partial charge in [0.05, 0.1) is 6.10 Å². The monoisotopic (exact) mass is 316 g/mol. The van der Waals surface area contributed by atoms with Crippen LogP contribution in [0.2, 0.25) is 0 Å². The van der Waals surface area contributed by atoms with Gasteiger partial charge < -0.3 is 4.74 Å². The first-order chi connectivity index (χ1) is 11.0. The molecular weight excluding hydrogens is 280 g/mol. The summed E-state index contributed by atoms with van der Waals surface area (Å²) in [5.41, 5.74) is 2.94. The molecule has 0 amide bonds. The minimum absolute atomic E-state index is 0.541. The fourth-order valence-corrected chi connectivity index (χ4v) is 7.75. The highest BCUT2D eigenvalue weighted by Gasteiger charge is 2.58. The molecule has 130 valence electrons. The Morgan fingerprint density at radius 1 is 1.00 bits per heavy atom. The highest BCUT2D eigenvalue weighted by Crippen LogP contribution is 2.67. The van der Waals surface area contributed by atoms with Gasteiger partial charge in [0.1, 0.15) is 0 Å². The second-order valence-corrected chi connectivity index (χ2v) is 9.60. The first-order valence-corrected chi connectivity index (χ1v) is 10.2.